The average Bonchev–Trinajstić information content (AvgIpc) is 2.90. The molecule has 24 heavy (non-hydrogen) atoms. The quantitative estimate of drug-likeness (QED) is 0.890. The molecular formula is C15H17F2N3O3S. The molecule has 1 aromatic carbocycles. The first-order valence-electron chi connectivity index (χ1n) is 7.06. The van der Waals surface area contributed by atoms with Gasteiger partial charge >= 0.3 is 0 Å². The summed E-state index contributed by atoms with van der Waals surface area (Å²) in [5.41, 5.74) is -0.143. The van der Waals surface area contributed by atoms with Crippen molar-refractivity contribution in [3.8, 4) is 0 Å². The Morgan fingerprint density at radius 3 is 2.38 bits per heavy atom. The van der Waals surface area contributed by atoms with E-state index in [4.69, 9.17) is 0 Å². The van der Waals surface area contributed by atoms with Gasteiger partial charge in [-0.05, 0) is 26.0 Å². The van der Waals surface area contributed by atoms with E-state index < -0.39 is 33.2 Å². The van der Waals surface area contributed by atoms with Gasteiger partial charge in [0.25, 0.3) is 12.3 Å². The SMILES string of the molecule is Cc1ccc(S(=O)(=O)C(C)NC(=O)c2cn(C)nc2C(F)F)cc1. The molecule has 0 spiro atoms. The summed E-state index contributed by atoms with van der Waals surface area (Å²) in [6, 6.07) is 6.14. The van der Waals surface area contributed by atoms with E-state index >= 15 is 0 Å². The maximum atomic E-state index is 12.9. The lowest BCUT2D eigenvalue weighted by atomic mass is 10.2. The predicted octanol–water partition coefficient (Wildman–Crippen LogP) is 2.22. The molecule has 1 amide bonds. The summed E-state index contributed by atoms with van der Waals surface area (Å²) in [6.45, 7) is 3.10. The number of carbonyl (C=O) groups is 1. The number of carbonyl (C=O) groups excluding carboxylic acids is 1. The summed E-state index contributed by atoms with van der Waals surface area (Å²) in [5, 5.41) is 4.49. The maximum absolute atomic E-state index is 12.9. The number of aryl methyl sites for hydroxylation is 2. The predicted molar refractivity (Wildman–Crippen MR) is 83.5 cm³/mol. The second-order valence-corrected chi connectivity index (χ2v) is 7.64. The molecule has 130 valence electrons. The number of nitrogens with zero attached hydrogens (tertiary/aromatic N) is 2. The lowest BCUT2D eigenvalue weighted by molar-refractivity contribution is 0.0935. The molecule has 2 aromatic rings. The molecule has 2 rings (SSSR count). The van der Waals surface area contributed by atoms with Gasteiger partial charge in [-0.1, -0.05) is 17.7 Å². The molecule has 0 saturated heterocycles. The minimum Gasteiger partial charge on any atom is -0.335 e. The molecule has 1 unspecified atom stereocenters. The van der Waals surface area contributed by atoms with E-state index in [0.29, 0.717) is 0 Å². The van der Waals surface area contributed by atoms with Gasteiger partial charge in [0.1, 0.15) is 11.1 Å². The molecule has 1 heterocycles. The Morgan fingerprint density at radius 2 is 1.83 bits per heavy atom. The zero-order chi connectivity index (χ0) is 18.1. The third kappa shape index (κ3) is 3.61. The van der Waals surface area contributed by atoms with E-state index in [1.807, 2.05) is 6.92 Å². The zero-order valence-corrected chi connectivity index (χ0v) is 14.1. The van der Waals surface area contributed by atoms with Gasteiger partial charge in [0, 0.05) is 13.2 Å². The van der Waals surface area contributed by atoms with Crippen LogP contribution in [0.5, 0.6) is 0 Å². The monoisotopic (exact) mass is 357 g/mol. The first kappa shape index (κ1) is 18.1. The van der Waals surface area contributed by atoms with Gasteiger partial charge in [-0.25, -0.2) is 17.2 Å². The van der Waals surface area contributed by atoms with E-state index in [2.05, 4.69) is 10.4 Å². The number of hydrogen-bond acceptors (Lipinski definition) is 4. The Labute approximate surface area is 138 Å². The topological polar surface area (TPSA) is 81.1 Å². The fraction of sp³-hybridized carbons (Fsp3) is 0.333. The van der Waals surface area contributed by atoms with Crippen molar-refractivity contribution in [1.29, 1.82) is 0 Å². The molecule has 1 atom stereocenters. The van der Waals surface area contributed by atoms with Crippen LogP contribution in [0.2, 0.25) is 0 Å². The minimum absolute atomic E-state index is 0.0427. The van der Waals surface area contributed by atoms with E-state index in [-0.39, 0.29) is 10.5 Å². The molecule has 6 nitrogen and oxygen atoms in total. The summed E-state index contributed by atoms with van der Waals surface area (Å²) in [4.78, 5) is 12.2. The fourth-order valence-electron chi connectivity index (χ4n) is 2.11. The number of sulfone groups is 1. The Bertz CT molecular complexity index is 845. The van der Waals surface area contributed by atoms with Gasteiger partial charge < -0.3 is 5.32 Å². The number of alkyl halides is 2. The Kier molecular flexibility index (Phi) is 5.02. The van der Waals surface area contributed by atoms with Crippen LogP contribution in [0.1, 0.15) is 35.0 Å². The molecule has 9 heteroatoms. The van der Waals surface area contributed by atoms with Gasteiger partial charge in [-0.15, -0.1) is 0 Å². The second-order valence-electron chi connectivity index (χ2n) is 5.38. The zero-order valence-electron chi connectivity index (χ0n) is 13.3. The normalized spacial score (nSPS) is 13.1. The number of amides is 1. The first-order chi connectivity index (χ1) is 11.1. The largest absolute Gasteiger partial charge is 0.335 e. The summed E-state index contributed by atoms with van der Waals surface area (Å²) in [7, 11) is -2.43. The molecule has 0 fully saturated rings. The number of benzene rings is 1. The number of rotatable bonds is 5. The van der Waals surface area contributed by atoms with Crippen LogP contribution in [0.25, 0.3) is 0 Å². The van der Waals surface area contributed by atoms with Crippen LogP contribution >= 0.6 is 0 Å². The maximum Gasteiger partial charge on any atom is 0.282 e. The van der Waals surface area contributed by atoms with Crippen LogP contribution in [-0.2, 0) is 16.9 Å². The van der Waals surface area contributed by atoms with Crippen LogP contribution in [-0.4, -0.2) is 29.5 Å². The molecule has 0 bridgehead atoms. The molecule has 0 aliphatic rings. The molecule has 0 saturated carbocycles. The number of aromatic nitrogens is 2. The highest BCUT2D eigenvalue weighted by Crippen LogP contribution is 2.22. The van der Waals surface area contributed by atoms with E-state index in [9.17, 15) is 22.0 Å². The minimum atomic E-state index is -3.83. The average molecular weight is 357 g/mol. The van der Waals surface area contributed by atoms with Gasteiger partial charge in [0.15, 0.2) is 9.84 Å². The van der Waals surface area contributed by atoms with Crippen LogP contribution in [0.15, 0.2) is 35.4 Å². The van der Waals surface area contributed by atoms with Gasteiger partial charge in [-0.2, -0.15) is 5.10 Å². The van der Waals surface area contributed by atoms with Crippen LogP contribution in [0.3, 0.4) is 0 Å². The lowest BCUT2D eigenvalue weighted by Crippen LogP contribution is -2.38. The van der Waals surface area contributed by atoms with Crippen LogP contribution < -0.4 is 5.32 Å². The molecule has 1 N–H and O–H groups in total. The highest BCUT2D eigenvalue weighted by molar-refractivity contribution is 7.92. The summed E-state index contributed by atoms with van der Waals surface area (Å²) in [6.07, 6.45) is -1.81. The van der Waals surface area contributed by atoms with Crippen molar-refractivity contribution in [3.05, 3.63) is 47.3 Å². The number of halogens is 2. The highest BCUT2D eigenvalue weighted by atomic mass is 32.2. The van der Waals surface area contributed by atoms with Crippen LogP contribution in [0, 0.1) is 6.92 Å². The van der Waals surface area contributed by atoms with Gasteiger partial charge in [0.05, 0.1) is 10.5 Å². The summed E-state index contributed by atoms with van der Waals surface area (Å²) < 4.78 is 51.8. The standard InChI is InChI=1S/C15H17F2N3O3S/c1-9-4-6-11(7-5-9)24(22,23)10(2)18-15(21)12-8-20(3)19-13(12)14(16)17/h4-8,10,14H,1-3H3,(H,18,21). The van der Waals surface area contributed by atoms with Crippen molar-refractivity contribution in [3.63, 3.8) is 0 Å². The van der Waals surface area contributed by atoms with E-state index in [1.165, 1.54) is 26.1 Å². The van der Waals surface area contributed by atoms with E-state index in [0.717, 1.165) is 16.4 Å². The van der Waals surface area contributed by atoms with Crippen molar-refractivity contribution in [2.45, 2.75) is 30.5 Å². The molecule has 1 aromatic heterocycles. The summed E-state index contributed by atoms with van der Waals surface area (Å²) in [5.74, 6) is -0.915. The Balaban J connectivity index is 2.24. The van der Waals surface area contributed by atoms with Crippen molar-refractivity contribution < 1.29 is 22.0 Å². The van der Waals surface area contributed by atoms with Crippen molar-refractivity contribution in [2.75, 3.05) is 0 Å². The highest BCUT2D eigenvalue weighted by Gasteiger charge is 2.28. The van der Waals surface area contributed by atoms with Crippen LogP contribution in [0.4, 0.5) is 8.78 Å². The molecule has 0 radical (unpaired) electrons. The van der Waals surface area contributed by atoms with Crippen molar-refractivity contribution in [1.82, 2.24) is 15.1 Å². The smallest absolute Gasteiger partial charge is 0.282 e. The number of nitrogens with one attached hydrogen (secondary N) is 1. The molecule has 0 aliphatic carbocycles. The van der Waals surface area contributed by atoms with Crippen molar-refractivity contribution >= 4 is 15.7 Å². The number of hydrogen-bond donors (Lipinski definition) is 1. The third-order valence-corrected chi connectivity index (χ3v) is 5.44. The van der Waals surface area contributed by atoms with E-state index in [1.54, 1.807) is 12.1 Å². The Morgan fingerprint density at radius 1 is 1.25 bits per heavy atom. The second kappa shape index (κ2) is 6.68. The van der Waals surface area contributed by atoms with Gasteiger partial charge in [0.2, 0.25) is 0 Å². The lowest BCUT2D eigenvalue weighted by Gasteiger charge is -2.15. The first-order valence-corrected chi connectivity index (χ1v) is 8.60. The third-order valence-electron chi connectivity index (χ3n) is 3.46. The van der Waals surface area contributed by atoms with Crippen molar-refractivity contribution in [2.24, 2.45) is 7.05 Å². The van der Waals surface area contributed by atoms with Gasteiger partial charge in [-0.3, -0.25) is 9.48 Å². The molecule has 0 aliphatic heterocycles. The fourth-order valence-corrected chi connectivity index (χ4v) is 3.30. The molecular weight excluding hydrogens is 340 g/mol. The summed E-state index contributed by atoms with van der Waals surface area (Å²) >= 11 is 0. The Hall–Kier alpha value is -2.29.